The summed E-state index contributed by atoms with van der Waals surface area (Å²) in [6.07, 6.45) is 6.25. The number of halogens is 2. The Bertz CT molecular complexity index is 987. The molecule has 4 rings (SSSR count). The Kier molecular flexibility index (Phi) is 5.49. The highest BCUT2D eigenvalue weighted by molar-refractivity contribution is 5.60. The molecular formula is C22H23F2N5. The molecule has 7 heteroatoms. The number of anilines is 1. The van der Waals surface area contributed by atoms with Gasteiger partial charge in [0.2, 0.25) is 0 Å². The fourth-order valence-electron chi connectivity index (χ4n) is 3.77. The van der Waals surface area contributed by atoms with Gasteiger partial charge in [-0.2, -0.15) is 0 Å². The smallest absolute Gasteiger partial charge is 0.161 e. The number of nitrogens with one attached hydrogen (secondary N) is 1. The van der Waals surface area contributed by atoms with Crippen LogP contribution in [0.15, 0.2) is 42.7 Å². The normalized spacial score (nSPS) is 14.1. The van der Waals surface area contributed by atoms with Crippen molar-refractivity contribution >= 4 is 5.82 Å². The van der Waals surface area contributed by atoms with Crippen molar-refractivity contribution in [3.05, 3.63) is 71.2 Å². The number of rotatable bonds is 6. The number of pyridine rings is 1. The molecule has 2 heterocycles. The van der Waals surface area contributed by atoms with Crippen LogP contribution in [0.5, 0.6) is 0 Å². The Hall–Kier alpha value is -2.93. The van der Waals surface area contributed by atoms with Gasteiger partial charge in [-0.05, 0) is 57.6 Å². The molecule has 0 radical (unpaired) electrons. The Morgan fingerprint density at radius 2 is 1.76 bits per heavy atom. The predicted octanol–water partition coefficient (Wildman–Crippen LogP) is 4.02. The van der Waals surface area contributed by atoms with Crippen LogP contribution in [0.3, 0.4) is 0 Å². The second kappa shape index (κ2) is 8.21. The van der Waals surface area contributed by atoms with Gasteiger partial charge in [0.25, 0.3) is 0 Å². The Morgan fingerprint density at radius 1 is 1.03 bits per heavy atom. The predicted molar refractivity (Wildman–Crippen MR) is 109 cm³/mol. The zero-order valence-corrected chi connectivity index (χ0v) is 16.5. The summed E-state index contributed by atoms with van der Waals surface area (Å²) in [4.78, 5) is 15.3. The number of aromatic nitrogens is 3. The van der Waals surface area contributed by atoms with E-state index in [9.17, 15) is 8.78 Å². The van der Waals surface area contributed by atoms with Crippen LogP contribution in [-0.2, 0) is 12.8 Å². The summed E-state index contributed by atoms with van der Waals surface area (Å²) >= 11 is 0. The van der Waals surface area contributed by atoms with Crippen LogP contribution in [0.2, 0.25) is 0 Å². The second-order valence-electron chi connectivity index (χ2n) is 7.41. The van der Waals surface area contributed by atoms with Gasteiger partial charge in [0, 0.05) is 41.3 Å². The molecule has 29 heavy (non-hydrogen) atoms. The summed E-state index contributed by atoms with van der Waals surface area (Å²) in [7, 11) is 3.62. The maximum Gasteiger partial charge on any atom is 0.161 e. The molecule has 0 amide bonds. The fraction of sp³-hybridized carbons (Fsp3) is 0.318. The number of likely N-dealkylation sites (N-methyl/N-ethyl adjacent to an activating group) is 1. The molecule has 0 spiro atoms. The summed E-state index contributed by atoms with van der Waals surface area (Å²) < 4.78 is 28.7. The quantitative estimate of drug-likeness (QED) is 0.683. The number of hydrogen-bond donors (Lipinski definition) is 1. The van der Waals surface area contributed by atoms with Crippen molar-refractivity contribution in [1.82, 2.24) is 19.9 Å². The van der Waals surface area contributed by atoms with E-state index in [1.807, 2.05) is 26.2 Å². The van der Waals surface area contributed by atoms with Gasteiger partial charge >= 0.3 is 0 Å². The van der Waals surface area contributed by atoms with Crippen molar-refractivity contribution in [3.63, 3.8) is 0 Å². The van der Waals surface area contributed by atoms with Gasteiger partial charge in [-0.3, -0.25) is 4.98 Å². The van der Waals surface area contributed by atoms with Crippen LogP contribution in [-0.4, -0.2) is 40.5 Å². The third-order valence-corrected chi connectivity index (χ3v) is 5.29. The number of fused-ring (bicyclic) bond motifs is 1. The molecule has 5 nitrogen and oxygen atoms in total. The van der Waals surface area contributed by atoms with Crippen LogP contribution in [0.4, 0.5) is 14.6 Å². The zero-order valence-electron chi connectivity index (χ0n) is 16.5. The molecule has 0 saturated carbocycles. The number of aryl methyl sites for hydroxylation is 1. The third-order valence-electron chi connectivity index (χ3n) is 5.29. The standard InChI is InChI=1S/C22H23F2N5/c1-29(2)19(20-16(23)6-4-7-17(20)24)13-26-22-15-5-3-8-18(15)27-21(28-22)14-9-11-25-12-10-14/h4,6-7,9-12,19H,3,5,8,13H2,1-2H3,(H,26,27,28). The maximum absolute atomic E-state index is 14.4. The summed E-state index contributed by atoms with van der Waals surface area (Å²) in [5.41, 5.74) is 3.08. The van der Waals surface area contributed by atoms with E-state index in [1.165, 1.54) is 18.2 Å². The Morgan fingerprint density at radius 3 is 2.45 bits per heavy atom. The molecule has 0 fully saturated rings. The summed E-state index contributed by atoms with van der Waals surface area (Å²) in [6.45, 7) is 0.324. The van der Waals surface area contributed by atoms with E-state index < -0.39 is 17.7 Å². The van der Waals surface area contributed by atoms with Crippen LogP contribution in [0.1, 0.15) is 29.3 Å². The monoisotopic (exact) mass is 395 g/mol. The zero-order chi connectivity index (χ0) is 20.4. The SMILES string of the molecule is CN(C)C(CNc1nc(-c2ccncc2)nc2c1CCC2)c1c(F)cccc1F. The average molecular weight is 395 g/mol. The first-order valence-electron chi connectivity index (χ1n) is 9.69. The minimum Gasteiger partial charge on any atom is -0.368 e. The molecule has 1 atom stereocenters. The van der Waals surface area contributed by atoms with Crippen molar-refractivity contribution in [3.8, 4) is 11.4 Å². The van der Waals surface area contributed by atoms with E-state index in [1.54, 1.807) is 17.3 Å². The van der Waals surface area contributed by atoms with Gasteiger partial charge < -0.3 is 10.2 Å². The van der Waals surface area contributed by atoms with Crippen LogP contribution >= 0.6 is 0 Å². The molecule has 2 aromatic heterocycles. The lowest BCUT2D eigenvalue weighted by Gasteiger charge is -2.26. The molecule has 0 aliphatic heterocycles. The Labute approximate surface area is 168 Å². The lowest BCUT2D eigenvalue weighted by Crippen LogP contribution is -2.29. The molecule has 1 aliphatic rings. The maximum atomic E-state index is 14.4. The highest BCUT2D eigenvalue weighted by Gasteiger charge is 2.24. The van der Waals surface area contributed by atoms with Crippen LogP contribution in [0, 0.1) is 11.6 Å². The van der Waals surface area contributed by atoms with Gasteiger partial charge in [-0.1, -0.05) is 6.07 Å². The number of hydrogen-bond acceptors (Lipinski definition) is 5. The third kappa shape index (κ3) is 3.96. The topological polar surface area (TPSA) is 53.9 Å². The van der Waals surface area contributed by atoms with Gasteiger partial charge in [-0.15, -0.1) is 0 Å². The molecular weight excluding hydrogens is 372 g/mol. The largest absolute Gasteiger partial charge is 0.368 e. The van der Waals surface area contributed by atoms with E-state index in [4.69, 9.17) is 9.97 Å². The summed E-state index contributed by atoms with van der Waals surface area (Å²) in [5, 5.41) is 3.35. The van der Waals surface area contributed by atoms with Gasteiger partial charge in [0.1, 0.15) is 17.5 Å². The van der Waals surface area contributed by atoms with Crippen LogP contribution < -0.4 is 5.32 Å². The minimum atomic E-state index is -0.545. The fourth-order valence-corrected chi connectivity index (χ4v) is 3.77. The lowest BCUT2D eigenvalue weighted by molar-refractivity contribution is 0.295. The van der Waals surface area contributed by atoms with Gasteiger partial charge in [0.15, 0.2) is 5.82 Å². The highest BCUT2D eigenvalue weighted by atomic mass is 19.1. The minimum absolute atomic E-state index is 0.0602. The molecule has 1 unspecified atom stereocenters. The molecule has 0 bridgehead atoms. The molecule has 150 valence electrons. The lowest BCUT2D eigenvalue weighted by atomic mass is 10.0. The van der Waals surface area contributed by atoms with E-state index in [-0.39, 0.29) is 5.56 Å². The Balaban J connectivity index is 1.66. The highest BCUT2D eigenvalue weighted by Crippen LogP contribution is 2.30. The van der Waals surface area contributed by atoms with Crippen LogP contribution in [0.25, 0.3) is 11.4 Å². The molecule has 1 aliphatic carbocycles. The summed E-state index contributed by atoms with van der Waals surface area (Å²) in [5.74, 6) is 0.281. The van der Waals surface area contributed by atoms with E-state index in [2.05, 4.69) is 10.3 Å². The van der Waals surface area contributed by atoms with Crippen molar-refractivity contribution in [2.75, 3.05) is 26.0 Å². The first kappa shape index (κ1) is 19.4. The molecule has 1 aromatic carbocycles. The molecule has 1 N–H and O–H groups in total. The van der Waals surface area contributed by atoms with Gasteiger partial charge in [0.05, 0.1) is 6.04 Å². The van der Waals surface area contributed by atoms with Crippen molar-refractivity contribution in [1.29, 1.82) is 0 Å². The molecule has 0 saturated heterocycles. The van der Waals surface area contributed by atoms with Crippen molar-refractivity contribution in [2.24, 2.45) is 0 Å². The number of benzene rings is 1. The van der Waals surface area contributed by atoms with E-state index >= 15 is 0 Å². The van der Waals surface area contributed by atoms with E-state index in [0.717, 1.165) is 41.9 Å². The first-order valence-corrected chi connectivity index (χ1v) is 9.69. The van der Waals surface area contributed by atoms with E-state index in [0.29, 0.717) is 12.4 Å². The van der Waals surface area contributed by atoms with Gasteiger partial charge in [-0.25, -0.2) is 18.7 Å². The average Bonchev–Trinajstić information content (AvgIpc) is 3.19. The van der Waals surface area contributed by atoms with Crippen molar-refractivity contribution in [2.45, 2.75) is 25.3 Å². The summed E-state index contributed by atoms with van der Waals surface area (Å²) in [6, 6.07) is 7.23. The second-order valence-corrected chi connectivity index (χ2v) is 7.41. The van der Waals surface area contributed by atoms with Crippen molar-refractivity contribution < 1.29 is 8.78 Å². The first-order chi connectivity index (χ1) is 14.0. The number of nitrogens with zero attached hydrogens (tertiary/aromatic N) is 4. The molecule has 3 aromatic rings.